The number of rotatable bonds is 8. The number of esters is 2. The van der Waals surface area contributed by atoms with Gasteiger partial charge in [-0.25, -0.2) is 9.18 Å². The minimum absolute atomic E-state index is 0.0116. The third kappa shape index (κ3) is 7.25. The lowest BCUT2D eigenvalue weighted by Crippen LogP contribution is -2.56. The number of benzene rings is 2. The first-order valence-corrected chi connectivity index (χ1v) is 13.0. The molecule has 2 aromatic carbocycles. The van der Waals surface area contributed by atoms with Gasteiger partial charge < -0.3 is 19.5 Å². The molecule has 0 saturated carbocycles. The first-order chi connectivity index (χ1) is 17.6. The molecule has 38 heavy (non-hydrogen) atoms. The summed E-state index contributed by atoms with van der Waals surface area (Å²) in [5.41, 5.74) is -0.279. The van der Waals surface area contributed by atoms with Gasteiger partial charge >= 0.3 is 18.0 Å². The second kappa shape index (κ2) is 11.3. The predicted molar refractivity (Wildman–Crippen MR) is 142 cm³/mol. The Morgan fingerprint density at radius 2 is 1.68 bits per heavy atom. The molecule has 1 aliphatic rings. The van der Waals surface area contributed by atoms with Crippen molar-refractivity contribution in [3.63, 3.8) is 0 Å². The Hall–Kier alpha value is -3.13. The Balaban J connectivity index is 1.80. The van der Waals surface area contributed by atoms with Gasteiger partial charge in [0, 0.05) is 30.5 Å². The first-order valence-electron chi connectivity index (χ1n) is 12.6. The third-order valence-corrected chi connectivity index (χ3v) is 6.59. The van der Waals surface area contributed by atoms with Gasteiger partial charge in [-0.2, -0.15) is 0 Å². The van der Waals surface area contributed by atoms with Crippen molar-refractivity contribution in [2.45, 2.75) is 84.7 Å². The fraction of sp³-hybridized carbons (Fsp3) is 0.483. The highest BCUT2D eigenvalue weighted by atomic mass is 35.5. The van der Waals surface area contributed by atoms with Crippen LogP contribution in [0.1, 0.15) is 66.4 Å². The minimum Gasteiger partial charge on any atom is -0.444 e. The van der Waals surface area contributed by atoms with E-state index in [1.807, 2.05) is 12.1 Å². The lowest BCUT2D eigenvalue weighted by molar-refractivity contribution is -0.252. The van der Waals surface area contributed by atoms with E-state index >= 15 is 0 Å². The van der Waals surface area contributed by atoms with Crippen LogP contribution in [0.5, 0.6) is 0 Å². The van der Waals surface area contributed by atoms with Crippen LogP contribution in [-0.2, 0) is 30.2 Å². The van der Waals surface area contributed by atoms with Gasteiger partial charge in [0.2, 0.25) is 0 Å². The van der Waals surface area contributed by atoms with Gasteiger partial charge in [-0.05, 0) is 75.8 Å². The molecule has 1 aliphatic heterocycles. The summed E-state index contributed by atoms with van der Waals surface area (Å²) in [6.07, 6.45) is 0.387. The number of hydrogen-bond donors (Lipinski definition) is 1. The molecular formula is C29H35ClFNO6. The number of halogens is 2. The van der Waals surface area contributed by atoms with E-state index in [2.05, 4.69) is 5.32 Å². The van der Waals surface area contributed by atoms with Crippen LogP contribution < -0.4 is 5.32 Å². The third-order valence-electron chi connectivity index (χ3n) is 6.35. The lowest BCUT2D eigenvalue weighted by atomic mass is 9.77. The number of carbonyl (C=O) groups excluding carboxylic acids is 3. The summed E-state index contributed by atoms with van der Waals surface area (Å²) >= 11 is 6.03. The van der Waals surface area contributed by atoms with E-state index in [-0.39, 0.29) is 18.7 Å². The van der Waals surface area contributed by atoms with E-state index in [1.54, 1.807) is 45.9 Å². The number of nitrogens with one attached hydrogen (secondary N) is 1. The summed E-state index contributed by atoms with van der Waals surface area (Å²) in [4.78, 5) is 38.7. The number of aryl methyl sites for hydroxylation is 1. The van der Waals surface area contributed by atoms with Gasteiger partial charge in [0.1, 0.15) is 11.4 Å². The number of ether oxygens (including phenoxy) is 3. The van der Waals surface area contributed by atoms with Crippen molar-refractivity contribution >= 4 is 29.6 Å². The molecular weight excluding hydrogens is 513 g/mol. The summed E-state index contributed by atoms with van der Waals surface area (Å²) in [5.74, 6) is -3.08. The molecule has 0 radical (unpaired) electrons. The molecule has 0 unspecified atom stereocenters. The molecule has 1 fully saturated rings. The van der Waals surface area contributed by atoms with Crippen LogP contribution in [0, 0.1) is 11.2 Å². The number of carbonyl (C=O) groups is 3. The van der Waals surface area contributed by atoms with Crippen molar-refractivity contribution < 1.29 is 33.0 Å². The van der Waals surface area contributed by atoms with E-state index < -0.39 is 40.9 Å². The standard InChI is InChI=1S/C29H35ClFNO6/c1-7-29(24(33)36-28(5,6)37-25(29)34)17-21(32-26(35)38-27(2,3)4)14-10-18-8-11-19(12-9-18)22-16-20(30)13-15-23(22)31/h8-9,11-13,15-16,21H,7,10,14,17H2,1-6H3,(H,32,35)/t21-/m0/s1. The highest BCUT2D eigenvalue weighted by molar-refractivity contribution is 6.30. The van der Waals surface area contributed by atoms with Gasteiger partial charge in [-0.1, -0.05) is 42.8 Å². The second-order valence-corrected chi connectivity index (χ2v) is 11.5. The molecule has 1 atom stereocenters. The van der Waals surface area contributed by atoms with Crippen LogP contribution >= 0.6 is 11.6 Å². The second-order valence-electron chi connectivity index (χ2n) is 11.0. The van der Waals surface area contributed by atoms with Crippen molar-refractivity contribution in [2.24, 2.45) is 5.41 Å². The van der Waals surface area contributed by atoms with Crippen molar-refractivity contribution in [1.82, 2.24) is 5.32 Å². The number of hydrogen-bond acceptors (Lipinski definition) is 6. The predicted octanol–water partition coefficient (Wildman–Crippen LogP) is 6.59. The van der Waals surface area contributed by atoms with Crippen molar-refractivity contribution in [3.8, 4) is 11.1 Å². The molecule has 9 heteroatoms. The Morgan fingerprint density at radius 1 is 1.08 bits per heavy atom. The van der Waals surface area contributed by atoms with Crippen LogP contribution in [0.2, 0.25) is 5.02 Å². The van der Waals surface area contributed by atoms with E-state index in [4.69, 9.17) is 25.8 Å². The van der Waals surface area contributed by atoms with Gasteiger partial charge in [-0.15, -0.1) is 0 Å². The smallest absolute Gasteiger partial charge is 0.407 e. The van der Waals surface area contributed by atoms with Crippen LogP contribution in [0.4, 0.5) is 9.18 Å². The Bertz CT molecular complexity index is 1170. The highest BCUT2D eigenvalue weighted by Crippen LogP contribution is 2.39. The van der Waals surface area contributed by atoms with E-state index in [0.29, 0.717) is 29.0 Å². The molecule has 1 amide bonds. The van der Waals surface area contributed by atoms with Gasteiger partial charge in [0.15, 0.2) is 5.41 Å². The van der Waals surface area contributed by atoms with E-state index in [1.165, 1.54) is 26.0 Å². The summed E-state index contributed by atoms with van der Waals surface area (Å²) in [6.45, 7) is 9.95. The molecule has 1 heterocycles. The van der Waals surface area contributed by atoms with E-state index in [0.717, 1.165) is 5.56 Å². The monoisotopic (exact) mass is 547 g/mol. The molecule has 7 nitrogen and oxygen atoms in total. The highest BCUT2D eigenvalue weighted by Gasteiger charge is 2.56. The minimum atomic E-state index is -1.55. The molecule has 0 bridgehead atoms. The van der Waals surface area contributed by atoms with Gasteiger partial charge in [-0.3, -0.25) is 9.59 Å². The molecule has 206 valence electrons. The first kappa shape index (κ1) is 29.4. The maximum absolute atomic E-state index is 14.3. The zero-order valence-electron chi connectivity index (χ0n) is 22.7. The average Bonchev–Trinajstić information content (AvgIpc) is 2.80. The molecule has 1 N–H and O–H groups in total. The summed E-state index contributed by atoms with van der Waals surface area (Å²) in [6, 6.07) is 11.1. The fourth-order valence-corrected chi connectivity index (χ4v) is 4.55. The van der Waals surface area contributed by atoms with Crippen molar-refractivity contribution in [3.05, 3.63) is 58.9 Å². The summed E-state index contributed by atoms with van der Waals surface area (Å²) in [7, 11) is 0. The van der Waals surface area contributed by atoms with Gasteiger partial charge in [0.25, 0.3) is 5.79 Å². The Morgan fingerprint density at radius 3 is 2.24 bits per heavy atom. The SMILES string of the molecule is CCC1(C[C@H](CCc2ccc(-c3cc(Cl)ccc3F)cc2)NC(=O)OC(C)(C)C)C(=O)OC(C)(C)OC1=O. The quantitative estimate of drug-likeness (QED) is 0.296. The lowest BCUT2D eigenvalue weighted by Gasteiger charge is -2.41. The van der Waals surface area contributed by atoms with Crippen molar-refractivity contribution in [1.29, 1.82) is 0 Å². The zero-order valence-corrected chi connectivity index (χ0v) is 23.4. The maximum Gasteiger partial charge on any atom is 0.407 e. The fourth-order valence-electron chi connectivity index (χ4n) is 4.38. The largest absolute Gasteiger partial charge is 0.444 e. The molecule has 0 aliphatic carbocycles. The Kier molecular flexibility index (Phi) is 8.76. The molecule has 0 aromatic heterocycles. The van der Waals surface area contributed by atoms with Crippen LogP contribution in [-0.4, -0.2) is 35.5 Å². The van der Waals surface area contributed by atoms with Crippen molar-refractivity contribution in [2.75, 3.05) is 0 Å². The Labute approximate surface area is 228 Å². The molecule has 2 aromatic rings. The zero-order chi connectivity index (χ0) is 28.3. The topological polar surface area (TPSA) is 90.9 Å². The van der Waals surface area contributed by atoms with E-state index in [9.17, 15) is 18.8 Å². The number of cyclic esters (lactones) is 2. The maximum atomic E-state index is 14.3. The molecule has 3 rings (SSSR count). The number of alkyl carbamates (subject to hydrolysis) is 1. The number of amides is 1. The normalized spacial score (nSPS) is 17.3. The summed E-state index contributed by atoms with van der Waals surface area (Å²) in [5, 5.41) is 3.26. The van der Waals surface area contributed by atoms with Crippen LogP contribution in [0.15, 0.2) is 42.5 Å². The molecule has 0 spiro atoms. The van der Waals surface area contributed by atoms with Crippen LogP contribution in [0.3, 0.4) is 0 Å². The van der Waals surface area contributed by atoms with Crippen LogP contribution in [0.25, 0.3) is 11.1 Å². The average molecular weight is 548 g/mol. The summed E-state index contributed by atoms with van der Waals surface area (Å²) < 4.78 is 30.5. The van der Waals surface area contributed by atoms with Gasteiger partial charge in [0.05, 0.1) is 0 Å². The molecule has 1 saturated heterocycles.